The number of fused-ring (bicyclic) bond motifs is 1. The summed E-state index contributed by atoms with van der Waals surface area (Å²) < 4.78 is 83.7. The summed E-state index contributed by atoms with van der Waals surface area (Å²) in [7, 11) is 0. The summed E-state index contributed by atoms with van der Waals surface area (Å²) in [6, 6.07) is 0. The van der Waals surface area contributed by atoms with Crippen LogP contribution >= 0.6 is 0 Å². The Balaban J connectivity index is 3.19. The minimum absolute atomic E-state index is 0.711. The molecule has 2 rings (SSSR count). The van der Waals surface area contributed by atoms with Crippen LogP contribution in [-0.2, 0) is 5.41 Å². The molecule has 114 valence electrons. The molecule has 0 aromatic heterocycles. The Bertz CT molecular complexity index is 756. The lowest BCUT2D eigenvalue weighted by Gasteiger charge is -2.22. The zero-order valence-electron chi connectivity index (χ0n) is 11.8. The van der Waals surface area contributed by atoms with E-state index in [1.807, 2.05) is 0 Å². The second kappa shape index (κ2) is 4.64. The number of benzene rings is 2. The number of halogens is 6. The minimum Gasteiger partial charge on any atom is -0.206 e. The first-order valence-electron chi connectivity index (χ1n) is 6.13. The van der Waals surface area contributed by atoms with Crippen molar-refractivity contribution < 1.29 is 26.3 Å². The maximum atomic E-state index is 14.4. The summed E-state index contributed by atoms with van der Waals surface area (Å²) in [5.74, 6) is -9.77. The highest BCUT2D eigenvalue weighted by Crippen LogP contribution is 2.38. The van der Waals surface area contributed by atoms with Crippen molar-refractivity contribution in [2.75, 3.05) is 0 Å². The molecule has 0 unspecified atom stereocenters. The predicted octanol–water partition coefficient (Wildman–Crippen LogP) is 5.28. The molecule has 6 heteroatoms. The van der Waals surface area contributed by atoms with E-state index in [2.05, 4.69) is 0 Å². The second-order valence-electron chi connectivity index (χ2n) is 5.88. The van der Waals surface area contributed by atoms with Crippen molar-refractivity contribution in [1.29, 1.82) is 0 Å². The molecule has 0 saturated carbocycles. The van der Waals surface area contributed by atoms with Crippen LogP contribution in [0.25, 0.3) is 10.8 Å². The molecule has 21 heavy (non-hydrogen) atoms. The zero-order chi connectivity index (χ0) is 16.3. The van der Waals surface area contributed by atoms with Crippen LogP contribution in [0.5, 0.6) is 0 Å². The maximum absolute atomic E-state index is 14.4. The smallest absolute Gasteiger partial charge is 0.170 e. The molecule has 0 aliphatic heterocycles. The topological polar surface area (TPSA) is 0 Å². The lowest BCUT2D eigenvalue weighted by Crippen LogP contribution is -2.19. The molecule has 0 aliphatic carbocycles. The highest BCUT2D eigenvalue weighted by molar-refractivity contribution is 5.87. The van der Waals surface area contributed by atoms with Gasteiger partial charge >= 0.3 is 0 Å². The van der Waals surface area contributed by atoms with Crippen LogP contribution in [0, 0.1) is 41.8 Å². The van der Waals surface area contributed by atoms with E-state index in [0.717, 1.165) is 6.92 Å². The Labute approximate surface area is 117 Å². The van der Waals surface area contributed by atoms with E-state index in [1.165, 1.54) is 20.8 Å². The molecule has 0 aliphatic rings. The van der Waals surface area contributed by atoms with Crippen molar-refractivity contribution >= 4 is 10.8 Å². The average molecular weight is 306 g/mol. The SMILES string of the molecule is Cc1c(F)c(F)c2c(F)c(F)c(C(C)(C)C)c(F)c2c1F. The van der Waals surface area contributed by atoms with E-state index < -0.39 is 62.2 Å². The van der Waals surface area contributed by atoms with Crippen LogP contribution in [0.2, 0.25) is 0 Å². The van der Waals surface area contributed by atoms with Gasteiger partial charge in [0.15, 0.2) is 23.3 Å². The predicted molar refractivity (Wildman–Crippen MR) is 67.1 cm³/mol. The van der Waals surface area contributed by atoms with Gasteiger partial charge in [-0.2, -0.15) is 0 Å². The van der Waals surface area contributed by atoms with Crippen molar-refractivity contribution in [2.24, 2.45) is 0 Å². The molecule has 2 aromatic rings. The van der Waals surface area contributed by atoms with Crippen LogP contribution in [0.3, 0.4) is 0 Å². The fraction of sp³-hybridized carbons (Fsp3) is 0.333. The molecule has 0 fully saturated rings. The van der Waals surface area contributed by atoms with Gasteiger partial charge in [-0.15, -0.1) is 0 Å². The van der Waals surface area contributed by atoms with Crippen LogP contribution < -0.4 is 0 Å². The lowest BCUT2D eigenvalue weighted by molar-refractivity contribution is 0.435. The number of rotatable bonds is 0. The molecule has 0 saturated heterocycles. The number of hydrogen-bond donors (Lipinski definition) is 0. The molecule has 0 atom stereocenters. The summed E-state index contributed by atoms with van der Waals surface area (Å²) in [4.78, 5) is 0. The van der Waals surface area contributed by atoms with E-state index in [1.54, 1.807) is 0 Å². The van der Waals surface area contributed by atoms with Gasteiger partial charge < -0.3 is 0 Å². The molecule has 0 radical (unpaired) electrons. The summed E-state index contributed by atoms with van der Waals surface area (Å²) in [6.07, 6.45) is 0. The van der Waals surface area contributed by atoms with Crippen molar-refractivity contribution in [1.82, 2.24) is 0 Å². The van der Waals surface area contributed by atoms with E-state index in [-0.39, 0.29) is 0 Å². The average Bonchev–Trinajstić information content (AvgIpc) is 2.36. The van der Waals surface area contributed by atoms with Gasteiger partial charge in [0.05, 0.1) is 10.8 Å². The van der Waals surface area contributed by atoms with Crippen molar-refractivity contribution in [2.45, 2.75) is 33.1 Å². The Morgan fingerprint density at radius 2 is 1.00 bits per heavy atom. The minimum atomic E-state index is -1.81. The Morgan fingerprint density at radius 1 is 0.571 bits per heavy atom. The first kappa shape index (κ1) is 15.7. The van der Waals surface area contributed by atoms with Crippen molar-refractivity contribution in [3.63, 3.8) is 0 Å². The van der Waals surface area contributed by atoms with Gasteiger partial charge in [-0.25, -0.2) is 26.3 Å². The fourth-order valence-electron chi connectivity index (χ4n) is 2.29. The first-order chi connectivity index (χ1) is 9.50. The third-order valence-electron chi connectivity index (χ3n) is 3.36. The molecule has 2 aromatic carbocycles. The normalized spacial score (nSPS) is 12.3. The van der Waals surface area contributed by atoms with Gasteiger partial charge in [-0.05, 0) is 12.3 Å². The molecule has 0 nitrogen and oxygen atoms in total. The van der Waals surface area contributed by atoms with Crippen LogP contribution in [0.1, 0.15) is 31.9 Å². The molecule has 0 bridgehead atoms. The van der Waals surface area contributed by atoms with Gasteiger partial charge in [0.25, 0.3) is 0 Å². The third kappa shape index (κ3) is 2.08. The number of hydrogen-bond acceptors (Lipinski definition) is 0. The molecule has 0 spiro atoms. The van der Waals surface area contributed by atoms with Gasteiger partial charge in [0.2, 0.25) is 0 Å². The van der Waals surface area contributed by atoms with Gasteiger partial charge in [-0.1, -0.05) is 20.8 Å². The third-order valence-corrected chi connectivity index (χ3v) is 3.36. The monoisotopic (exact) mass is 306 g/mol. The standard InChI is InChI=1S/C15H12F6/c1-5-9(16)6-7(12(19)10(5)17)13(20)14(21)8(11(6)18)15(2,3)4/h1-4H3. The van der Waals surface area contributed by atoms with E-state index in [9.17, 15) is 26.3 Å². The van der Waals surface area contributed by atoms with Gasteiger partial charge in [0, 0.05) is 11.1 Å². The quantitative estimate of drug-likeness (QED) is 0.459. The summed E-state index contributed by atoms with van der Waals surface area (Å²) in [5, 5.41) is -2.42. The van der Waals surface area contributed by atoms with Crippen molar-refractivity contribution in [3.8, 4) is 0 Å². The lowest BCUT2D eigenvalue weighted by atomic mass is 9.84. The fourth-order valence-corrected chi connectivity index (χ4v) is 2.29. The summed E-state index contributed by atoms with van der Waals surface area (Å²) in [6.45, 7) is 5.07. The Hall–Kier alpha value is -1.72. The molecular formula is C15H12F6. The molecular weight excluding hydrogens is 294 g/mol. The largest absolute Gasteiger partial charge is 0.206 e. The van der Waals surface area contributed by atoms with Crippen LogP contribution in [0.15, 0.2) is 0 Å². The second-order valence-corrected chi connectivity index (χ2v) is 5.88. The first-order valence-corrected chi connectivity index (χ1v) is 6.13. The molecule has 0 amide bonds. The van der Waals surface area contributed by atoms with Crippen LogP contribution in [0.4, 0.5) is 26.3 Å². The molecule has 0 heterocycles. The van der Waals surface area contributed by atoms with Gasteiger partial charge in [0.1, 0.15) is 11.6 Å². The van der Waals surface area contributed by atoms with Crippen molar-refractivity contribution in [3.05, 3.63) is 46.0 Å². The summed E-state index contributed by atoms with van der Waals surface area (Å²) in [5.41, 5.74) is -2.68. The zero-order valence-corrected chi connectivity index (χ0v) is 11.8. The Kier molecular flexibility index (Phi) is 3.46. The van der Waals surface area contributed by atoms with Gasteiger partial charge in [-0.3, -0.25) is 0 Å². The summed E-state index contributed by atoms with van der Waals surface area (Å²) >= 11 is 0. The molecule has 0 N–H and O–H groups in total. The maximum Gasteiger partial charge on any atom is 0.170 e. The Morgan fingerprint density at radius 3 is 1.48 bits per heavy atom. The van der Waals surface area contributed by atoms with E-state index >= 15 is 0 Å². The van der Waals surface area contributed by atoms with E-state index in [4.69, 9.17) is 0 Å². The highest BCUT2D eigenvalue weighted by atomic mass is 19.2. The van der Waals surface area contributed by atoms with E-state index in [0.29, 0.717) is 0 Å². The highest BCUT2D eigenvalue weighted by Gasteiger charge is 2.33. The van der Waals surface area contributed by atoms with Crippen LogP contribution in [-0.4, -0.2) is 0 Å².